The molecule has 38 heavy (non-hydrogen) atoms. The number of benzene rings is 1. The fraction of sp³-hybridized carbons (Fsp3) is 0.280. The molecule has 1 aromatic carbocycles. The summed E-state index contributed by atoms with van der Waals surface area (Å²) in [6.45, 7) is 0.993. The fourth-order valence-corrected chi connectivity index (χ4v) is 5.95. The molecule has 2 amide bonds. The molecule has 1 aliphatic heterocycles. The molecule has 2 aromatic heterocycles. The largest absolute Gasteiger partial charge is 0.479 e. The summed E-state index contributed by atoms with van der Waals surface area (Å²) in [5.74, 6) is -1.51. The lowest BCUT2D eigenvalue weighted by atomic mass is 10.0. The van der Waals surface area contributed by atoms with Crippen molar-refractivity contribution >= 4 is 62.4 Å². The van der Waals surface area contributed by atoms with Gasteiger partial charge in [0.2, 0.25) is 0 Å². The number of thiophene rings is 1. The van der Waals surface area contributed by atoms with Gasteiger partial charge in [0, 0.05) is 31.9 Å². The Morgan fingerprint density at radius 2 is 1.92 bits per heavy atom. The van der Waals surface area contributed by atoms with E-state index in [1.54, 1.807) is 13.2 Å². The predicted molar refractivity (Wildman–Crippen MR) is 149 cm³/mol. The highest BCUT2D eigenvalue weighted by atomic mass is 79.9. The second-order valence-electron chi connectivity index (χ2n) is 8.49. The molecule has 0 aliphatic carbocycles. The first kappa shape index (κ1) is 27.2. The van der Waals surface area contributed by atoms with Gasteiger partial charge in [0.25, 0.3) is 0 Å². The zero-order valence-electron chi connectivity index (χ0n) is 20.4. The van der Waals surface area contributed by atoms with Crippen molar-refractivity contribution in [3.05, 3.63) is 51.9 Å². The van der Waals surface area contributed by atoms with Crippen LogP contribution in [-0.4, -0.2) is 66.0 Å². The Kier molecular flexibility index (Phi) is 8.69. The molecule has 1 saturated heterocycles. The molecular formula is C25H26BrN5O6S. The van der Waals surface area contributed by atoms with Gasteiger partial charge in [0.1, 0.15) is 5.82 Å². The molecule has 0 bridgehead atoms. The van der Waals surface area contributed by atoms with Gasteiger partial charge in [-0.15, -0.1) is 11.3 Å². The number of amides is 2. The topological polar surface area (TPSA) is 153 Å². The van der Waals surface area contributed by atoms with Gasteiger partial charge in [0.15, 0.2) is 17.2 Å². The van der Waals surface area contributed by atoms with Crippen molar-refractivity contribution in [1.29, 1.82) is 0 Å². The molecule has 200 valence electrons. The standard InChI is InChI=1S/C25H26BrN5O6S/c1-27-25(36)30-17-5-6-18(28-12-17)31-9-7-15(8-10-31)29-16-4-2-3-14(11-16)22-20(26)21(37-13-19(32)33)23(38-22)24(34)35/h2-6,11-12,15,29H,7-10,13H2,1H3,(H,32,33)(H,34,35)(H2,27,30,36). The first-order chi connectivity index (χ1) is 18.2. The van der Waals surface area contributed by atoms with Gasteiger partial charge in [-0.25, -0.2) is 19.4 Å². The normalized spacial score (nSPS) is 13.6. The van der Waals surface area contributed by atoms with Crippen LogP contribution in [0.25, 0.3) is 10.4 Å². The molecule has 13 heteroatoms. The van der Waals surface area contributed by atoms with Gasteiger partial charge in [-0.05, 0) is 58.6 Å². The number of rotatable bonds is 9. The van der Waals surface area contributed by atoms with E-state index >= 15 is 0 Å². The summed E-state index contributed by atoms with van der Waals surface area (Å²) < 4.78 is 5.67. The Hall–Kier alpha value is -3.84. The van der Waals surface area contributed by atoms with E-state index in [0.717, 1.165) is 54.3 Å². The highest BCUT2D eigenvalue weighted by Crippen LogP contribution is 2.46. The fourth-order valence-electron chi connectivity index (χ4n) is 4.06. The van der Waals surface area contributed by atoms with Crippen molar-refractivity contribution in [3.63, 3.8) is 0 Å². The minimum Gasteiger partial charge on any atom is -0.479 e. The number of carbonyl (C=O) groups excluding carboxylic acids is 1. The van der Waals surface area contributed by atoms with Crippen LogP contribution >= 0.6 is 27.3 Å². The third kappa shape index (κ3) is 6.53. The van der Waals surface area contributed by atoms with Crippen molar-refractivity contribution in [2.75, 3.05) is 42.3 Å². The molecule has 5 N–H and O–H groups in total. The molecule has 0 unspecified atom stereocenters. The second kappa shape index (κ2) is 12.1. The average Bonchev–Trinajstić information content (AvgIpc) is 3.25. The number of hydrogen-bond donors (Lipinski definition) is 5. The van der Waals surface area contributed by atoms with Crippen LogP contribution in [0.1, 0.15) is 22.5 Å². The Morgan fingerprint density at radius 3 is 2.55 bits per heavy atom. The minimum absolute atomic E-state index is 0.0108. The van der Waals surface area contributed by atoms with Gasteiger partial charge < -0.3 is 35.8 Å². The van der Waals surface area contributed by atoms with Crippen LogP contribution in [0, 0.1) is 0 Å². The summed E-state index contributed by atoms with van der Waals surface area (Å²) in [5, 5.41) is 27.3. The first-order valence-electron chi connectivity index (χ1n) is 11.7. The van der Waals surface area contributed by atoms with Gasteiger partial charge in [-0.2, -0.15) is 0 Å². The van der Waals surface area contributed by atoms with Crippen molar-refractivity contribution in [2.45, 2.75) is 18.9 Å². The summed E-state index contributed by atoms with van der Waals surface area (Å²) in [7, 11) is 1.55. The Labute approximate surface area is 231 Å². The molecule has 4 rings (SSSR count). The Morgan fingerprint density at radius 1 is 1.16 bits per heavy atom. The SMILES string of the molecule is CNC(=O)Nc1ccc(N2CCC(Nc3cccc(-c4sc(C(=O)O)c(OCC(=O)O)c4Br)c3)CC2)nc1. The lowest BCUT2D eigenvalue weighted by Gasteiger charge is -2.33. The number of carboxylic acids is 2. The van der Waals surface area contributed by atoms with Gasteiger partial charge in [-0.1, -0.05) is 12.1 Å². The lowest BCUT2D eigenvalue weighted by Crippen LogP contribution is -2.39. The Balaban J connectivity index is 1.40. The number of piperidine rings is 1. The number of aliphatic carboxylic acids is 1. The Bertz CT molecular complexity index is 1320. The quantitative estimate of drug-likeness (QED) is 0.237. The second-order valence-corrected chi connectivity index (χ2v) is 10.3. The molecule has 11 nitrogen and oxygen atoms in total. The number of anilines is 3. The van der Waals surface area contributed by atoms with Crippen molar-refractivity contribution in [1.82, 2.24) is 10.3 Å². The van der Waals surface area contributed by atoms with E-state index in [4.69, 9.17) is 9.84 Å². The molecular weight excluding hydrogens is 578 g/mol. The molecule has 3 aromatic rings. The molecule has 1 aliphatic rings. The van der Waals surface area contributed by atoms with E-state index in [1.807, 2.05) is 36.4 Å². The van der Waals surface area contributed by atoms with Crippen LogP contribution in [0.15, 0.2) is 47.1 Å². The van der Waals surface area contributed by atoms with Crippen LogP contribution in [0.5, 0.6) is 5.75 Å². The molecule has 1 fully saturated rings. The van der Waals surface area contributed by atoms with Crippen LogP contribution < -0.4 is 25.6 Å². The summed E-state index contributed by atoms with van der Waals surface area (Å²) in [5.41, 5.74) is 2.30. The molecule has 3 heterocycles. The van der Waals surface area contributed by atoms with Crippen LogP contribution in [-0.2, 0) is 4.79 Å². The maximum Gasteiger partial charge on any atom is 0.349 e. The number of nitrogens with one attached hydrogen (secondary N) is 3. The monoisotopic (exact) mass is 603 g/mol. The van der Waals surface area contributed by atoms with Crippen molar-refractivity contribution in [2.24, 2.45) is 0 Å². The van der Waals surface area contributed by atoms with E-state index < -0.39 is 18.5 Å². The average molecular weight is 604 g/mol. The van der Waals surface area contributed by atoms with E-state index in [9.17, 15) is 19.5 Å². The predicted octanol–water partition coefficient (Wildman–Crippen LogP) is 4.57. The van der Waals surface area contributed by atoms with Gasteiger partial charge >= 0.3 is 18.0 Å². The highest BCUT2D eigenvalue weighted by Gasteiger charge is 2.25. The molecule has 0 atom stereocenters. The van der Waals surface area contributed by atoms with Crippen molar-refractivity contribution < 1.29 is 29.3 Å². The first-order valence-corrected chi connectivity index (χ1v) is 13.3. The molecule has 0 spiro atoms. The number of carboxylic acid groups (broad SMARTS) is 2. The van der Waals surface area contributed by atoms with Crippen LogP contribution in [0.2, 0.25) is 0 Å². The number of nitrogens with zero attached hydrogens (tertiary/aromatic N) is 2. The summed E-state index contributed by atoms with van der Waals surface area (Å²) in [4.78, 5) is 41.3. The minimum atomic E-state index is -1.19. The maximum absolute atomic E-state index is 11.7. The number of carbonyl (C=O) groups is 3. The van der Waals surface area contributed by atoms with Gasteiger partial charge in [0.05, 0.1) is 21.2 Å². The maximum atomic E-state index is 11.7. The lowest BCUT2D eigenvalue weighted by molar-refractivity contribution is -0.139. The smallest absolute Gasteiger partial charge is 0.349 e. The summed E-state index contributed by atoms with van der Waals surface area (Å²) >= 11 is 4.43. The van der Waals surface area contributed by atoms with E-state index in [2.05, 4.69) is 41.8 Å². The van der Waals surface area contributed by atoms with E-state index in [-0.39, 0.29) is 22.7 Å². The third-order valence-electron chi connectivity index (χ3n) is 5.89. The number of hydrogen-bond acceptors (Lipinski definition) is 8. The summed E-state index contributed by atoms with van der Waals surface area (Å²) in [6, 6.07) is 11.3. The summed E-state index contributed by atoms with van der Waals surface area (Å²) in [6.07, 6.45) is 3.42. The number of halogens is 1. The number of ether oxygens (including phenoxy) is 1. The van der Waals surface area contributed by atoms with E-state index in [1.165, 1.54) is 0 Å². The van der Waals surface area contributed by atoms with Crippen molar-refractivity contribution in [3.8, 4) is 16.2 Å². The van der Waals surface area contributed by atoms with Crippen LogP contribution in [0.4, 0.5) is 22.0 Å². The number of aromatic carboxylic acids is 1. The number of urea groups is 1. The zero-order valence-corrected chi connectivity index (χ0v) is 22.8. The van der Waals surface area contributed by atoms with E-state index in [0.29, 0.717) is 15.0 Å². The van der Waals surface area contributed by atoms with Crippen LogP contribution in [0.3, 0.4) is 0 Å². The highest BCUT2D eigenvalue weighted by molar-refractivity contribution is 9.10. The number of pyridine rings is 1. The molecule has 0 saturated carbocycles. The third-order valence-corrected chi connectivity index (χ3v) is 8.12. The number of aromatic nitrogens is 1. The zero-order chi connectivity index (χ0) is 27.2. The van der Waals surface area contributed by atoms with Gasteiger partial charge in [-0.3, -0.25) is 0 Å². The molecule has 0 radical (unpaired) electrons.